The van der Waals surface area contributed by atoms with Crippen LogP contribution < -0.4 is 10.1 Å². The summed E-state index contributed by atoms with van der Waals surface area (Å²) in [6, 6.07) is 14.2. The summed E-state index contributed by atoms with van der Waals surface area (Å²) in [7, 11) is 0. The third-order valence-electron chi connectivity index (χ3n) is 6.97. The van der Waals surface area contributed by atoms with Gasteiger partial charge in [-0.15, -0.1) is 0 Å². The maximum Gasteiger partial charge on any atom is 0.258 e. The molecule has 1 aliphatic carbocycles. The van der Waals surface area contributed by atoms with Crippen molar-refractivity contribution >= 4 is 29.1 Å². The van der Waals surface area contributed by atoms with Crippen molar-refractivity contribution < 1.29 is 14.3 Å². The average molecular weight is 490 g/mol. The molecule has 0 spiro atoms. The van der Waals surface area contributed by atoms with Crippen LogP contribution in [0.5, 0.6) is 5.75 Å². The monoisotopic (exact) mass is 489 g/mol. The number of halogens is 2. The lowest BCUT2D eigenvalue weighted by atomic mass is 9.76. The van der Waals surface area contributed by atoms with Gasteiger partial charge >= 0.3 is 0 Å². The first-order valence-corrected chi connectivity index (χ1v) is 12.7. The van der Waals surface area contributed by atoms with E-state index in [2.05, 4.69) is 25.2 Å². The molecule has 0 bridgehead atoms. The number of hydrogen-bond donors (Lipinski definition) is 1. The van der Waals surface area contributed by atoms with Crippen LogP contribution in [0.1, 0.15) is 69.1 Å². The second kappa shape index (κ2) is 11.1. The molecule has 1 N–H and O–H groups in total. The zero-order valence-corrected chi connectivity index (χ0v) is 20.9. The van der Waals surface area contributed by atoms with Crippen molar-refractivity contribution in [3.63, 3.8) is 0 Å². The molecule has 4 nitrogen and oxygen atoms in total. The predicted molar refractivity (Wildman–Crippen MR) is 133 cm³/mol. The molecular formula is C27H33Cl2NO3. The van der Waals surface area contributed by atoms with Gasteiger partial charge in [0.1, 0.15) is 5.75 Å². The van der Waals surface area contributed by atoms with Crippen molar-refractivity contribution in [2.45, 2.75) is 64.0 Å². The molecular weight excluding hydrogens is 457 g/mol. The summed E-state index contributed by atoms with van der Waals surface area (Å²) >= 11 is 12.4. The molecule has 0 unspecified atom stereocenters. The summed E-state index contributed by atoms with van der Waals surface area (Å²) in [5, 5.41) is 4.23. The second-order valence-corrected chi connectivity index (χ2v) is 10.5. The van der Waals surface area contributed by atoms with E-state index in [0.29, 0.717) is 40.3 Å². The minimum Gasteiger partial charge on any atom is -0.484 e. The number of benzene rings is 2. The van der Waals surface area contributed by atoms with Gasteiger partial charge in [-0.05, 0) is 66.5 Å². The Kier molecular flexibility index (Phi) is 8.21. The van der Waals surface area contributed by atoms with E-state index in [1.54, 1.807) is 0 Å². The first kappa shape index (κ1) is 24.4. The van der Waals surface area contributed by atoms with Gasteiger partial charge in [0.2, 0.25) is 0 Å². The third-order valence-corrected chi connectivity index (χ3v) is 7.71. The molecule has 0 aromatic heterocycles. The van der Waals surface area contributed by atoms with E-state index in [0.717, 1.165) is 24.8 Å². The van der Waals surface area contributed by atoms with Crippen molar-refractivity contribution in [2.24, 2.45) is 11.8 Å². The van der Waals surface area contributed by atoms with Crippen LogP contribution in [-0.4, -0.2) is 25.2 Å². The summed E-state index contributed by atoms with van der Waals surface area (Å²) in [6.07, 6.45) is 5.52. The second-order valence-electron chi connectivity index (χ2n) is 9.68. The molecule has 2 aliphatic rings. The summed E-state index contributed by atoms with van der Waals surface area (Å²) in [5.74, 6) is 1.72. The van der Waals surface area contributed by atoms with Crippen molar-refractivity contribution in [2.75, 3.05) is 13.2 Å². The maximum atomic E-state index is 12.2. The zero-order valence-electron chi connectivity index (χ0n) is 19.4. The standard InChI is InChI=1S/C27H33Cl2NO3/c1-17(2)23-13-20(18-10-11-24(28)25(29)14-18)15-33-27(23)19-6-5-9-22(12-19)32-16-26(31)30-21-7-3-4-8-21/h5-6,9-12,14,17,20-21,23,27H,3-4,7-8,13,15-16H2,1-2H3,(H,30,31)/t20-,23-,27-/m0/s1. The topological polar surface area (TPSA) is 47.6 Å². The van der Waals surface area contributed by atoms with Crippen LogP contribution >= 0.6 is 23.2 Å². The Morgan fingerprint density at radius 3 is 2.61 bits per heavy atom. The Balaban J connectivity index is 1.41. The Morgan fingerprint density at radius 2 is 1.88 bits per heavy atom. The zero-order chi connectivity index (χ0) is 23.4. The van der Waals surface area contributed by atoms with Crippen molar-refractivity contribution in [1.29, 1.82) is 0 Å². The van der Waals surface area contributed by atoms with Crippen molar-refractivity contribution in [1.82, 2.24) is 5.32 Å². The highest BCUT2D eigenvalue weighted by Gasteiger charge is 2.35. The molecule has 2 aromatic carbocycles. The minimum absolute atomic E-state index is 0.0140. The Labute approximate surface area is 206 Å². The fourth-order valence-corrected chi connectivity index (χ4v) is 5.40. The quantitative estimate of drug-likeness (QED) is 0.457. The van der Waals surface area contributed by atoms with Crippen molar-refractivity contribution in [3.05, 3.63) is 63.6 Å². The van der Waals surface area contributed by atoms with Crippen LogP contribution in [0.3, 0.4) is 0 Å². The summed E-state index contributed by atoms with van der Waals surface area (Å²) in [6.45, 7) is 5.15. The van der Waals surface area contributed by atoms with E-state index >= 15 is 0 Å². The highest BCUT2D eigenvalue weighted by Crippen LogP contribution is 2.44. The first-order chi connectivity index (χ1) is 15.9. The van der Waals surface area contributed by atoms with Crippen LogP contribution in [-0.2, 0) is 9.53 Å². The molecule has 3 atom stereocenters. The third kappa shape index (κ3) is 6.23. The van der Waals surface area contributed by atoms with E-state index in [1.165, 1.54) is 18.4 Å². The number of carbonyl (C=O) groups is 1. The smallest absolute Gasteiger partial charge is 0.258 e. The largest absolute Gasteiger partial charge is 0.484 e. The van der Waals surface area contributed by atoms with Gasteiger partial charge in [-0.25, -0.2) is 0 Å². The van der Waals surface area contributed by atoms with Crippen LogP contribution in [0.15, 0.2) is 42.5 Å². The lowest BCUT2D eigenvalue weighted by Gasteiger charge is -2.39. The molecule has 2 fully saturated rings. The highest BCUT2D eigenvalue weighted by atomic mass is 35.5. The molecule has 6 heteroatoms. The fraction of sp³-hybridized carbons (Fsp3) is 0.519. The maximum absolute atomic E-state index is 12.2. The van der Waals surface area contributed by atoms with Gasteiger partial charge in [-0.2, -0.15) is 0 Å². The van der Waals surface area contributed by atoms with E-state index in [1.807, 2.05) is 36.4 Å². The summed E-state index contributed by atoms with van der Waals surface area (Å²) < 4.78 is 12.3. The van der Waals surface area contributed by atoms with Gasteiger partial charge in [0.05, 0.1) is 22.8 Å². The first-order valence-electron chi connectivity index (χ1n) is 12.0. The molecule has 2 aromatic rings. The number of nitrogens with one attached hydrogen (secondary N) is 1. The summed E-state index contributed by atoms with van der Waals surface area (Å²) in [4.78, 5) is 12.2. The Hall–Kier alpha value is -1.75. The van der Waals surface area contributed by atoms with E-state index in [9.17, 15) is 4.79 Å². The SMILES string of the molecule is CC(C)[C@@H]1C[C@H](c2ccc(Cl)c(Cl)c2)CO[C@H]1c1cccc(OCC(=O)NC2CCCC2)c1. The molecule has 0 radical (unpaired) electrons. The van der Waals surface area contributed by atoms with E-state index < -0.39 is 0 Å². The number of carbonyl (C=O) groups excluding carboxylic acids is 1. The van der Waals surface area contributed by atoms with Crippen LogP contribution in [0.2, 0.25) is 10.0 Å². The Morgan fingerprint density at radius 1 is 1.09 bits per heavy atom. The molecule has 1 saturated heterocycles. The number of ether oxygens (including phenoxy) is 2. The average Bonchev–Trinajstić information content (AvgIpc) is 3.32. The van der Waals surface area contributed by atoms with Gasteiger partial charge in [0, 0.05) is 12.0 Å². The molecule has 1 aliphatic heterocycles. The Bertz CT molecular complexity index is 958. The van der Waals surface area contributed by atoms with Gasteiger partial charge < -0.3 is 14.8 Å². The fourth-order valence-electron chi connectivity index (χ4n) is 5.10. The number of amides is 1. The lowest BCUT2D eigenvalue weighted by molar-refractivity contribution is -0.123. The molecule has 1 amide bonds. The highest BCUT2D eigenvalue weighted by molar-refractivity contribution is 6.42. The minimum atomic E-state index is -0.0502. The van der Waals surface area contributed by atoms with Crippen molar-refractivity contribution in [3.8, 4) is 5.75 Å². The molecule has 178 valence electrons. The van der Waals surface area contributed by atoms with Gasteiger partial charge in [-0.1, -0.05) is 68.1 Å². The van der Waals surface area contributed by atoms with Crippen LogP contribution in [0, 0.1) is 11.8 Å². The predicted octanol–water partition coefficient (Wildman–Crippen LogP) is 6.95. The van der Waals surface area contributed by atoms with E-state index in [-0.39, 0.29) is 24.5 Å². The van der Waals surface area contributed by atoms with Crippen LogP contribution in [0.4, 0.5) is 0 Å². The molecule has 1 saturated carbocycles. The van der Waals surface area contributed by atoms with Gasteiger partial charge in [0.25, 0.3) is 5.91 Å². The van der Waals surface area contributed by atoms with E-state index in [4.69, 9.17) is 32.7 Å². The number of hydrogen-bond acceptors (Lipinski definition) is 3. The van der Waals surface area contributed by atoms with Gasteiger partial charge in [0.15, 0.2) is 6.61 Å². The van der Waals surface area contributed by atoms with Gasteiger partial charge in [-0.3, -0.25) is 4.79 Å². The molecule has 4 rings (SSSR count). The normalized spacial score (nSPS) is 23.6. The van der Waals surface area contributed by atoms with Crippen LogP contribution in [0.25, 0.3) is 0 Å². The lowest BCUT2D eigenvalue weighted by Crippen LogP contribution is -2.36. The molecule has 1 heterocycles. The summed E-state index contributed by atoms with van der Waals surface area (Å²) in [5.41, 5.74) is 2.26. The molecule has 33 heavy (non-hydrogen) atoms. The number of rotatable bonds is 7.